The Hall–Kier alpha value is -16.2. The molecule has 0 radical (unpaired) electrons. The summed E-state index contributed by atoms with van der Waals surface area (Å²) in [5.74, 6) is 0. The molecule has 138 heavy (non-hydrogen) atoms. The fourth-order valence-corrected chi connectivity index (χ4v) is 22.2. The Morgan fingerprint density at radius 1 is 0.225 bits per heavy atom. The fraction of sp³-hybridized carbons (Fsp3) is 0.123. The van der Waals surface area contributed by atoms with Crippen LogP contribution in [0.4, 0.5) is 34.1 Å². The van der Waals surface area contributed by atoms with E-state index in [2.05, 4.69) is 436 Å². The number of nitrogens with zero attached hydrogens (tertiary/aromatic N) is 5. The molecule has 0 atom stereocenters. The van der Waals surface area contributed by atoms with Crippen LogP contribution in [0.1, 0.15) is 116 Å². The SMILES string of the molecule is [2H]c1c([2H])c([2H])c2c(c1[2H])c1c([2H])c([2H])c([2H])c([2H])c1n2-c1ccc2c(c1)N(c1cccc3c1oc1c(-c4cc(-c5ccccc5)cc(-c5ccccc5)c4)cccc13)c1cc(-n3c4ccc(C(C)(C)C)cc4c4cc(C(C)(C)C)ccc43)cc3c1B2c1ccc(-n2c4ccc(C(C)(C)C)cc4c4cc(C(C)(C)C)ccc42)cc1N3c1ccc2c(c1)oc1c(-c3cc(-c4ccccc4)cc(-c4ccccc4)c3)cccc12. The molecule has 0 saturated carbocycles. The number of anilines is 6. The van der Waals surface area contributed by atoms with Crippen molar-refractivity contribution in [3.05, 3.63) is 422 Å². The summed E-state index contributed by atoms with van der Waals surface area (Å²) in [4.78, 5) is 4.84. The Morgan fingerprint density at radius 3 is 1.00 bits per heavy atom. The van der Waals surface area contributed by atoms with E-state index >= 15 is 0 Å². The van der Waals surface area contributed by atoms with Crippen LogP contribution in [0, 0.1) is 0 Å². The van der Waals surface area contributed by atoms with E-state index < -0.39 is 55.1 Å². The number of rotatable bonds is 11. The minimum Gasteiger partial charge on any atom is -0.455 e. The van der Waals surface area contributed by atoms with E-state index in [1.807, 2.05) is 18.2 Å². The van der Waals surface area contributed by atoms with Gasteiger partial charge in [-0.3, -0.25) is 0 Å². The topological polar surface area (TPSA) is 47.6 Å². The van der Waals surface area contributed by atoms with Crippen LogP contribution < -0.4 is 26.2 Å². The summed E-state index contributed by atoms with van der Waals surface area (Å²) in [5, 5.41) is 8.13. The molecule has 26 rings (SSSR count). The van der Waals surface area contributed by atoms with Gasteiger partial charge in [-0.15, -0.1) is 0 Å². The molecule has 0 bridgehead atoms. The van der Waals surface area contributed by atoms with Gasteiger partial charge in [0.1, 0.15) is 16.7 Å². The molecular weight excluding hydrogens is 1670 g/mol. The lowest BCUT2D eigenvalue weighted by atomic mass is 9.33. The number of hydrogen-bond donors (Lipinski definition) is 0. The van der Waals surface area contributed by atoms with Crippen LogP contribution in [0.2, 0.25) is 0 Å². The maximum absolute atomic E-state index is 10.1. The van der Waals surface area contributed by atoms with Crippen LogP contribution in [-0.4, -0.2) is 20.4 Å². The third-order valence-electron chi connectivity index (χ3n) is 29.2. The molecule has 7 nitrogen and oxygen atoms in total. The van der Waals surface area contributed by atoms with Crippen molar-refractivity contribution in [3.8, 4) is 83.8 Å². The maximum Gasteiger partial charge on any atom is 0.252 e. The number of hydrogen-bond acceptors (Lipinski definition) is 4. The summed E-state index contributed by atoms with van der Waals surface area (Å²) in [7, 11) is 0. The summed E-state index contributed by atoms with van der Waals surface area (Å²) in [6.07, 6.45) is 0. The second-order valence-corrected chi connectivity index (χ2v) is 41.8. The highest BCUT2D eigenvalue weighted by atomic mass is 16.3. The average molecular weight is 1790 g/mol. The predicted octanol–water partition coefficient (Wildman–Crippen LogP) is 34.1. The van der Waals surface area contributed by atoms with Crippen molar-refractivity contribution in [2.75, 3.05) is 9.80 Å². The van der Waals surface area contributed by atoms with Gasteiger partial charge >= 0.3 is 0 Å². The van der Waals surface area contributed by atoms with Gasteiger partial charge in [-0.25, -0.2) is 0 Å². The monoisotopic (exact) mass is 1780 g/mol. The highest BCUT2D eigenvalue weighted by molar-refractivity contribution is 7.00. The molecule has 0 aliphatic carbocycles. The van der Waals surface area contributed by atoms with Gasteiger partial charge in [0.2, 0.25) is 0 Å². The van der Waals surface area contributed by atoms with Crippen molar-refractivity contribution in [2.24, 2.45) is 0 Å². The normalized spacial score (nSPS) is 13.8. The van der Waals surface area contributed by atoms with E-state index in [1.54, 1.807) is 4.57 Å². The highest BCUT2D eigenvalue weighted by Gasteiger charge is 2.46. The third-order valence-corrected chi connectivity index (χ3v) is 29.2. The smallest absolute Gasteiger partial charge is 0.252 e. The molecule has 662 valence electrons. The molecule has 5 aromatic heterocycles. The molecule has 0 N–H and O–H groups in total. The predicted molar refractivity (Wildman–Crippen MR) is 585 cm³/mol. The van der Waals surface area contributed by atoms with Gasteiger partial charge in [-0.2, -0.15) is 0 Å². The van der Waals surface area contributed by atoms with Crippen molar-refractivity contribution in [2.45, 2.75) is 105 Å². The lowest BCUT2D eigenvalue weighted by molar-refractivity contribution is 0.590. The molecule has 0 fully saturated rings. The first-order valence-corrected chi connectivity index (χ1v) is 47.9. The first-order chi connectivity index (χ1) is 70.3. The van der Waals surface area contributed by atoms with Crippen LogP contribution in [-0.2, 0) is 21.7 Å². The van der Waals surface area contributed by atoms with Gasteiger partial charge in [0, 0.05) is 111 Å². The Labute approximate surface area is 815 Å². The summed E-state index contributed by atoms with van der Waals surface area (Å²) in [6.45, 7) is 26.8. The molecule has 0 amide bonds. The summed E-state index contributed by atoms with van der Waals surface area (Å²) < 4.78 is 99.6. The Kier molecular flexibility index (Phi) is 16.5. The van der Waals surface area contributed by atoms with Gasteiger partial charge in [0.05, 0.1) is 55.4 Å². The zero-order valence-electron chi connectivity index (χ0n) is 87.1. The van der Waals surface area contributed by atoms with E-state index in [9.17, 15) is 11.0 Å². The lowest BCUT2D eigenvalue weighted by Crippen LogP contribution is -2.61. The average Bonchev–Trinajstić information content (AvgIpc) is 1.67. The first kappa shape index (κ1) is 74.2. The molecule has 0 saturated heterocycles. The Balaban J connectivity index is 0.807. The van der Waals surface area contributed by atoms with Crippen molar-refractivity contribution in [1.82, 2.24) is 13.7 Å². The molecule has 2 aliphatic heterocycles. The lowest BCUT2D eigenvalue weighted by Gasteiger charge is -2.44. The van der Waals surface area contributed by atoms with Crippen molar-refractivity contribution in [1.29, 1.82) is 0 Å². The van der Waals surface area contributed by atoms with E-state index in [0.29, 0.717) is 33.8 Å². The molecule has 0 unspecified atom stereocenters. The van der Waals surface area contributed by atoms with Gasteiger partial charge in [0.15, 0.2) is 5.58 Å². The van der Waals surface area contributed by atoms with Crippen molar-refractivity contribution in [3.63, 3.8) is 0 Å². The zero-order chi connectivity index (χ0) is 100. The maximum atomic E-state index is 10.1. The van der Waals surface area contributed by atoms with E-state index in [0.717, 1.165) is 188 Å². The van der Waals surface area contributed by atoms with Crippen molar-refractivity contribution >= 4 is 167 Å². The Morgan fingerprint density at radius 2 is 0.572 bits per heavy atom. The van der Waals surface area contributed by atoms with Gasteiger partial charge in [-0.05, 0) is 268 Å². The second kappa shape index (κ2) is 30.7. The van der Waals surface area contributed by atoms with Crippen molar-refractivity contribution < 1.29 is 19.8 Å². The van der Waals surface area contributed by atoms with Crippen LogP contribution in [0.25, 0.3) is 193 Å². The summed E-state index contributed by atoms with van der Waals surface area (Å²) >= 11 is 0. The third kappa shape index (κ3) is 13.1. The fourth-order valence-electron chi connectivity index (χ4n) is 22.2. The number of fused-ring (bicyclic) bond motifs is 19. The van der Waals surface area contributed by atoms with E-state index in [-0.39, 0.29) is 43.5 Å². The van der Waals surface area contributed by atoms with Crippen LogP contribution >= 0.6 is 0 Å². The first-order valence-electron chi connectivity index (χ1n) is 51.9. The minimum atomic E-state index is -0.617. The van der Waals surface area contributed by atoms with E-state index in [1.165, 1.54) is 22.3 Å². The second-order valence-electron chi connectivity index (χ2n) is 41.8. The number of aromatic nitrogens is 3. The quantitative estimate of drug-likeness (QED) is 0.121. The molecule has 2 aliphatic rings. The standard InChI is InChI=1S/C130H102BN5O2/c1-127(2,3)89-50-60-113-105(70-89)106-71-90(128(4,5)6)51-61-114(106)133(113)93-55-58-109-118(74-93)134(95-54-57-101-102-44-29-42-97(124(102)137-122(101)78-95)87-66-83(79-32-17-13-18-33-79)64-84(67-87)80-34-19-14-20-35-80)120-76-96(135-115-62-52-91(129(7,8)9)72-107(115)108-73-92(130(10,11)12)53-63-116(108)135)77-121-123(120)131(109)110-59-56-94(132-111-47-27-25-40-99(111)100-41-26-28-48-112(100)132)75-119(110)136(121)117-49-31-46-104-103-45-30-43-98(125(103)138-126(104)117)88-68-85(81-36-21-15-22-37-81)65-86(69-88)82-38-23-16-24-39-82/h13-78H,1-12H3/i25D,26D,27D,28D,40D,41D,47D,48D. The molecule has 8 heteroatoms. The largest absolute Gasteiger partial charge is 0.455 e. The van der Waals surface area contributed by atoms with Gasteiger partial charge in [-0.1, -0.05) is 326 Å². The summed E-state index contributed by atoms with van der Waals surface area (Å²) in [5.41, 5.74) is 33.0. The molecular formula is C130H102BN5O2. The van der Waals surface area contributed by atoms with E-state index in [4.69, 9.17) is 8.83 Å². The number of furan rings is 2. The van der Waals surface area contributed by atoms with Crippen LogP contribution in [0.3, 0.4) is 0 Å². The zero-order valence-corrected chi connectivity index (χ0v) is 79.1. The number of para-hydroxylation sites is 5. The van der Waals surface area contributed by atoms with Gasteiger partial charge in [0.25, 0.3) is 6.71 Å². The molecule has 7 heterocycles. The summed E-state index contributed by atoms with van der Waals surface area (Å²) in [6, 6.07) is 124. The highest BCUT2D eigenvalue weighted by Crippen LogP contribution is 2.54. The molecule has 24 aromatic rings. The van der Waals surface area contributed by atoms with Gasteiger partial charge < -0.3 is 32.3 Å². The molecule has 19 aromatic carbocycles. The minimum absolute atomic E-state index is 0.00663. The Bertz CT molecular complexity index is 9390. The van der Waals surface area contributed by atoms with Crippen LogP contribution in [0.5, 0.6) is 0 Å². The number of benzene rings is 19. The van der Waals surface area contributed by atoms with Crippen LogP contribution in [0.15, 0.2) is 409 Å². The molecule has 0 spiro atoms.